The lowest BCUT2D eigenvalue weighted by Crippen LogP contribution is -2.53. The summed E-state index contributed by atoms with van der Waals surface area (Å²) in [4.78, 5) is 15.4. The molecule has 6 heteroatoms. The zero-order chi connectivity index (χ0) is 21.3. The van der Waals surface area contributed by atoms with Crippen molar-refractivity contribution in [2.75, 3.05) is 46.1 Å². The molecule has 2 aliphatic rings. The topological polar surface area (TPSA) is 62.8 Å². The molecule has 0 saturated carbocycles. The summed E-state index contributed by atoms with van der Waals surface area (Å²) < 4.78 is 11.2. The Kier molecular flexibility index (Phi) is 7.93. The highest BCUT2D eigenvalue weighted by Gasteiger charge is 2.32. The van der Waals surface area contributed by atoms with Gasteiger partial charge < -0.3 is 20.1 Å². The second-order valence-corrected chi connectivity index (χ2v) is 8.35. The van der Waals surface area contributed by atoms with Crippen molar-refractivity contribution in [2.45, 2.75) is 24.9 Å². The number of nitrogens with one attached hydrogen (secondary N) is 2. The number of ether oxygens (including phenoxy) is 2. The molecule has 166 valence electrons. The van der Waals surface area contributed by atoms with Crippen LogP contribution < -0.4 is 10.6 Å². The molecule has 0 aliphatic carbocycles. The molecule has 2 heterocycles. The molecule has 0 aromatic heterocycles. The molecular formula is C25H33N3O3. The summed E-state index contributed by atoms with van der Waals surface area (Å²) in [5.41, 5.74) is 2.31. The van der Waals surface area contributed by atoms with E-state index >= 15 is 0 Å². The van der Waals surface area contributed by atoms with Crippen molar-refractivity contribution in [3.63, 3.8) is 0 Å². The van der Waals surface area contributed by atoms with Crippen LogP contribution in [0.2, 0.25) is 0 Å². The zero-order valence-electron chi connectivity index (χ0n) is 18.0. The highest BCUT2D eigenvalue weighted by molar-refractivity contribution is 5.74. The lowest BCUT2D eigenvalue weighted by atomic mass is 9.97. The summed E-state index contributed by atoms with van der Waals surface area (Å²) in [6, 6.07) is 20.5. The van der Waals surface area contributed by atoms with Crippen LogP contribution in [0.1, 0.15) is 23.6 Å². The van der Waals surface area contributed by atoms with Crippen LogP contribution in [0.5, 0.6) is 0 Å². The van der Waals surface area contributed by atoms with E-state index in [0.717, 1.165) is 57.9 Å². The third-order valence-electron chi connectivity index (χ3n) is 6.29. The molecule has 0 unspecified atom stereocenters. The minimum atomic E-state index is -0.123. The van der Waals surface area contributed by atoms with Crippen LogP contribution in [-0.4, -0.2) is 63.0 Å². The normalized spacial score (nSPS) is 21.4. The van der Waals surface area contributed by atoms with E-state index in [4.69, 9.17) is 9.47 Å². The predicted molar refractivity (Wildman–Crippen MR) is 121 cm³/mol. The number of hydrogen-bond donors (Lipinski definition) is 2. The van der Waals surface area contributed by atoms with Gasteiger partial charge in [0.15, 0.2) is 0 Å². The average molecular weight is 424 g/mol. The standard InChI is InChI=1S/C25H33N3O3/c29-25(26-18-24(22-11-14-31-19-22)28-12-15-30-16-13-28)27-23(21-9-5-2-6-10-21)17-20-7-3-1-4-8-20/h1-10,22-24H,11-19H2,(H2,26,27,29)/t22-,23+,24-/m1/s1. The average Bonchev–Trinajstić information content (AvgIpc) is 3.35. The van der Waals surface area contributed by atoms with Crippen molar-refractivity contribution in [3.05, 3.63) is 71.8 Å². The van der Waals surface area contributed by atoms with Gasteiger partial charge in [-0.1, -0.05) is 60.7 Å². The van der Waals surface area contributed by atoms with Crippen molar-refractivity contribution in [1.82, 2.24) is 15.5 Å². The van der Waals surface area contributed by atoms with Gasteiger partial charge in [-0.3, -0.25) is 4.90 Å². The molecule has 2 aromatic carbocycles. The molecule has 2 aromatic rings. The van der Waals surface area contributed by atoms with Gasteiger partial charge in [0, 0.05) is 38.2 Å². The van der Waals surface area contributed by atoms with Gasteiger partial charge in [-0.05, 0) is 24.0 Å². The molecule has 31 heavy (non-hydrogen) atoms. The van der Waals surface area contributed by atoms with Gasteiger partial charge in [0.05, 0.1) is 25.9 Å². The van der Waals surface area contributed by atoms with E-state index in [1.807, 2.05) is 36.4 Å². The summed E-state index contributed by atoms with van der Waals surface area (Å²) >= 11 is 0. The molecule has 2 amide bonds. The molecule has 4 rings (SSSR count). The summed E-state index contributed by atoms with van der Waals surface area (Å²) in [6.07, 6.45) is 1.80. The van der Waals surface area contributed by atoms with Gasteiger partial charge in [-0.2, -0.15) is 0 Å². The third-order valence-corrected chi connectivity index (χ3v) is 6.29. The minimum Gasteiger partial charge on any atom is -0.381 e. The predicted octanol–water partition coefficient (Wildman–Crippen LogP) is 3.01. The molecular weight excluding hydrogens is 390 g/mol. The van der Waals surface area contributed by atoms with Crippen LogP contribution in [0, 0.1) is 5.92 Å². The van der Waals surface area contributed by atoms with Crippen molar-refractivity contribution < 1.29 is 14.3 Å². The summed E-state index contributed by atoms with van der Waals surface area (Å²) in [5, 5.41) is 6.36. The first-order valence-corrected chi connectivity index (χ1v) is 11.3. The molecule has 6 nitrogen and oxygen atoms in total. The second-order valence-electron chi connectivity index (χ2n) is 8.35. The van der Waals surface area contributed by atoms with Crippen LogP contribution >= 0.6 is 0 Å². The fourth-order valence-corrected chi connectivity index (χ4v) is 4.55. The van der Waals surface area contributed by atoms with Crippen LogP contribution in [-0.2, 0) is 15.9 Å². The fourth-order valence-electron chi connectivity index (χ4n) is 4.55. The number of nitrogens with zero attached hydrogens (tertiary/aromatic N) is 1. The third kappa shape index (κ3) is 6.29. The summed E-state index contributed by atoms with van der Waals surface area (Å²) in [5.74, 6) is 0.452. The lowest BCUT2D eigenvalue weighted by Gasteiger charge is -2.37. The Hall–Kier alpha value is -2.41. The lowest BCUT2D eigenvalue weighted by molar-refractivity contribution is 0.00211. The first-order chi connectivity index (χ1) is 15.3. The molecule has 0 bridgehead atoms. The van der Waals surface area contributed by atoms with Gasteiger partial charge in [0.25, 0.3) is 0 Å². The number of morpholine rings is 1. The largest absolute Gasteiger partial charge is 0.381 e. The number of rotatable bonds is 8. The van der Waals surface area contributed by atoms with E-state index in [1.54, 1.807) is 0 Å². The second kappa shape index (κ2) is 11.3. The SMILES string of the molecule is O=C(NC[C@H]([C@@H]1CCOC1)N1CCOCC1)N[C@@H](Cc1ccccc1)c1ccccc1. The highest BCUT2D eigenvalue weighted by atomic mass is 16.5. The van der Waals surface area contributed by atoms with E-state index in [9.17, 15) is 4.79 Å². The number of hydrogen-bond acceptors (Lipinski definition) is 4. The maximum absolute atomic E-state index is 12.9. The van der Waals surface area contributed by atoms with Crippen molar-refractivity contribution >= 4 is 6.03 Å². The van der Waals surface area contributed by atoms with E-state index in [0.29, 0.717) is 12.5 Å². The van der Waals surface area contributed by atoms with Gasteiger partial charge in [-0.15, -0.1) is 0 Å². The molecule has 2 fully saturated rings. The van der Waals surface area contributed by atoms with E-state index in [2.05, 4.69) is 39.8 Å². The maximum Gasteiger partial charge on any atom is 0.315 e. The Bertz CT molecular complexity index is 790. The zero-order valence-corrected chi connectivity index (χ0v) is 18.0. The van der Waals surface area contributed by atoms with Crippen LogP contribution in [0.3, 0.4) is 0 Å². The minimum absolute atomic E-state index is 0.0831. The summed E-state index contributed by atoms with van der Waals surface area (Å²) in [7, 11) is 0. The van der Waals surface area contributed by atoms with Gasteiger partial charge in [0.2, 0.25) is 0 Å². The van der Waals surface area contributed by atoms with Crippen LogP contribution in [0.25, 0.3) is 0 Å². The Morgan fingerprint density at radius 1 is 0.968 bits per heavy atom. The monoisotopic (exact) mass is 423 g/mol. The number of carbonyl (C=O) groups excluding carboxylic acids is 1. The van der Waals surface area contributed by atoms with Gasteiger partial charge in [0.1, 0.15) is 0 Å². The van der Waals surface area contributed by atoms with Crippen molar-refractivity contribution in [3.8, 4) is 0 Å². The Morgan fingerprint density at radius 2 is 1.68 bits per heavy atom. The number of amides is 2. The molecule has 0 radical (unpaired) electrons. The molecule has 0 spiro atoms. The Morgan fingerprint density at radius 3 is 2.35 bits per heavy atom. The Balaban J connectivity index is 1.39. The first kappa shape index (κ1) is 21.8. The van der Waals surface area contributed by atoms with Gasteiger partial charge >= 0.3 is 6.03 Å². The van der Waals surface area contributed by atoms with E-state index in [-0.39, 0.29) is 18.1 Å². The van der Waals surface area contributed by atoms with Crippen molar-refractivity contribution in [2.24, 2.45) is 5.92 Å². The molecule has 3 atom stereocenters. The van der Waals surface area contributed by atoms with Crippen LogP contribution in [0.15, 0.2) is 60.7 Å². The van der Waals surface area contributed by atoms with Crippen LogP contribution in [0.4, 0.5) is 4.79 Å². The Labute approximate surface area is 184 Å². The first-order valence-electron chi connectivity index (χ1n) is 11.3. The smallest absolute Gasteiger partial charge is 0.315 e. The molecule has 2 N–H and O–H groups in total. The number of urea groups is 1. The van der Waals surface area contributed by atoms with E-state index in [1.165, 1.54) is 5.56 Å². The van der Waals surface area contributed by atoms with E-state index < -0.39 is 0 Å². The molecule has 2 aliphatic heterocycles. The van der Waals surface area contributed by atoms with Gasteiger partial charge in [-0.25, -0.2) is 4.79 Å². The quantitative estimate of drug-likeness (QED) is 0.685. The number of carbonyl (C=O) groups is 1. The summed E-state index contributed by atoms with van der Waals surface area (Å²) in [6.45, 7) is 5.52. The maximum atomic E-state index is 12.9. The fraction of sp³-hybridized carbons (Fsp3) is 0.480. The molecule has 2 saturated heterocycles. The number of benzene rings is 2. The highest BCUT2D eigenvalue weighted by Crippen LogP contribution is 2.22. The van der Waals surface area contributed by atoms with Crippen molar-refractivity contribution in [1.29, 1.82) is 0 Å².